The van der Waals surface area contributed by atoms with E-state index in [2.05, 4.69) is 256 Å². The summed E-state index contributed by atoms with van der Waals surface area (Å²) in [7, 11) is 0. The van der Waals surface area contributed by atoms with E-state index in [4.69, 9.17) is 0 Å². The van der Waals surface area contributed by atoms with Gasteiger partial charge in [-0.15, -0.1) is 0 Å². The maximum atomic E-state index is 2.45. The van der Waals surface area contributed by atoms with Crippen molar-refractivity contribution in [1.82, 2.24) is 0 Å². The highest BCUT2D eigenvalue weighted by Crippen LogP contribution is 2.53. The maximum Gasteiger partial charge on any atom is 0.0561 e. The van der Waals surface area contributed by atoms with Gasteiger partial charge in [-0.05, 0) is 159 Å². The highest BCUT2D eigenvalue weighted by atomic mass is 15.2. The van der Waals surface area contributed by atoms with Crippen molar-refractivity contribution < 1.29 is 0 Å². The van der Waals surface area contributed by atoms with Gasteiger partial charge in [0.15, 0.2) is 0 Å². The minimum absolute atomic E-state index is 1.11. The number of anilines is 9. The lowest BCUT2D eigenvalue weighted by molar-refractivity contribution is 1.26. The van der Waals surface area contributed by atoms with Gasteiger partial charge in [0.05, 0.1) is 17.1 Å². The third-order valence-corrected chi connectivity index (χ3v) is 13.2. The van der Waals surface area contributed by atoms with Gasteiger partial charge in [-0.1, -0.05) is 143 Å². The van der Waals surface area contributed by atoms with E-state index in [1.165, 1.54) is 76.5 Å². The van der Waals surface area contributed by atoms with Crippen molar-refractivity contribution in [3.63, 3.8) is 0 Å². The molecule has 0 heterocycles. The summed E-state index contributed by atoms with van der Waals surface area (Å²) < 4.78 is 0. The van der Waals surface area contributed by atoms with Crippen LogP contribution in [0.2, 0.25) is 0 Å². The van der Waals surface area contributed by atoms with Crippen LogP contribution in [-0.2, 0) is 0 Å². The molecule has 0 bridgehead atoms. The van der Waals surface area contributed by atoms with Crippen LogP contribution in [0.25, 0.3) is 43.1 Å². The minimum Gasteiger partial charge on any atom is -0.310 e. The third-order valence-electron chi connectivity index (χ3n) is 13.2. The number of benzene rings is 11. The number of rotatable bonds is 9. The molecular weight excluding hydrogens is 787 g/mol. The summed E-state index contributed by atoms with van der Waals surface area (Å²) >= 11 is 0. The SMILES string of the molecule is Cc1ccc(N(c2ccc(C)cc2)c2ccc3c4ccc(N(c5ccc(C)cc5)c5ccc(C)cc5)c5c(N(c6ccc(C)cc6)c6ccc(C)cc6)ccc(c6cccc2c63)c54)cc1. The fourth-order valence-corrected chi connectivity index (χ4v) is 9.76. The van der Waals surface area contributed by atoms with Crippen LogP contribution in [0.1, 0.15) is 33.4 Å². The maximum absolute atomic E-state index is 2.45. The average molecular weight is 838 g/mol. The van der Waals surface area contributed by atoms with E-state index in [0.717, 1.165) is 51.2 Å². The molecule has 11 aromatic rings. The summed E-state index contributed by atoms with van der Waals surface area (Å²) in [5.41, 5.74) is 17.5. The number of aryl methyl sites for hydroxylation is 6. The molecule has 0 aliphatic rings. The molecule has 0 radical (unpaired) electrons. The van der Waals surface area contributed by atoms with Gasteiger partial charge in [0, 0.05) is 50.3 Å². The number of hydrogen-bond donors (Lipinski definition) is 0. The molecule has 0 aliphatic heterocycles. The highest BCUT2D eigenvalue weighted by Gasteiger charge is 2.27. The van der Waals surface area contributed by atoms with Gasteiger partial charge in [-0.25, -0.2) is 0 Å². The molecule has 0 aromatic heterocycles. The Balaban J connectivity index is 1.26. The fourth-order valence-electron chi connectivity index (χ4n) is 9.76. The van der Waals surface area contributed by atoms with Crippen LogP contribution in [0.15, 0.2) is 200 Å². The van der Waals surface area contributed by atoms with Crippen molar-refractivity contribution in [2.75, 3.05) is 14.7 Å². The van der Waals surface area contributed by atoms with Crippen molar-refractivity contribution in [3.05, 3.63) is 234 Å². The lowest BCUT2D eigenvalue weighted by Gasteiger charge is -2.33. The zero-order valence-electron chi connectivity index (χ0n) is 37.9. The molecule has 11 rings (SSSR count). The number of hydrogen-bond acceptors (Lipinski definition) is 3. The molecule has 0 atom stereocenters. The first-order valence-corrected chi connectivity index (χ1v) is 22.7. The van der Waals surface area contributed by atoms with Crippen molar-refractivity contribution in [2.45, 2.75) is 41.5 Å². The summed E-state index contributed by atoms with van der Waals surface area (Å²) in [6.45, 7) is 12.9. The van der Waals surface area contributed by atoms with E-state index < -0.39 is 0 Å². The topological polar surface area (TPSA) is 9.72 Å². The quantitative estimate of drug-likeness (QED) is 0.106. The van der Waals surface area contributed by atoms with Crippen LogP contribution in [0.5, 0.6) is 0 Å². The Bertz CT molecular complexity index is 3210. The molecule has 3 nitrogen and oxygen atoms in total. The minimum atomic E-state index is 1.11. The second-order valence-electron chi connectivity index (χ2n) is 17.9. The molecule has 0 fully saturated rings. The highest BCUT2D eigenvalue weighted by molar-refractivity contribution is 6.37. The lowest BCUT2D eigenvalue weighted by atomic mass is 9.87. The molecule has 0 saturated carbocycles. The van der Waals surface area contributed by atoms with Crippen molar-refractivity contribution >= 4 is 94.3 Å². The molecule has 0 amide bonds. The second-order valence-corrected chi connectivity index (χ2v) is 17.9. The fraction of sp³-hybridized carbons (Fsp3) is 0.0968. The Morgan fingerprint density at radius 1 is 0.200 bits per heavy atom. The Morgan fingerprint density at radius 3 is 0.769 bits per heavy atom. The van der Waals surface area contributed by atoms with E-state index in [-0.39, 0.29) is 0 Å². The van der Waals surface area contributed by atoms with Gasteiger partial charge in [-0.3, -0.25) is 0 Å². The van der Waals surface area contributed by atoms with Crippen LogP contribution < -0.4 is 14.7 Å². The Morgan fingerprint density at radius 2 is 0.446 bits per heavy atom. The van der Waals surface area contributed by atoms with E-state index in [1.54, 1.807) is 0 Å². The van der Waals surface area contributed by atoms with Gasteiger partial charge in [0.1, 0.15) is 0 Å². The van der Waals surface area contributed by atoms with Gasteiger partial charge in [0.25, 0.3) is 0 Å². The van der Waals surface area contributed by atoms with Crippen LogP contribution in [0.3, 0.4) is 0 Å². The first-order chi connectivity index (χ1) is 31.7. The van der Waals surface area contributed by atoms with Gasteiger partial charge < -0.3 is 14.7 Å². The van der Waals surface area contributed by atoms with Crippen molar-refractivity contribution in [3.8, 4) is 0 Å². The molecule has 314 valence electrons. The molecular formula is C62H51N3. The first kappa shape index (κ1) is 39.9. The summed E-state index contributed by atoms with van der Waals surface area (Å²) in [5.74, 6) is 0. The predicted octanol–water partition coefficient (Wildman–Crippen LogP) is 18.0. The summed E-state index contributed by atoms with van der Waals surface area (Å²) in [4.78, 5) is 7.32. The van der Waals surface area contributed by atoms with Gasteiger partial charge in [-0.2, -0.15) is 0 Å². The van der Waals surface area contributed by atoms with E-state index in [0.29, 0.717) is 0 Å². The summed E-state index contributed by atoms with van der Waals surface area (Å²) in [6.07, 6.45) is 0. The lowest BCUT2D eigenvalue weighted by Crippen LogP contribution is -2.14. The smallest absolute Gasteiger partial charge is 0.0561 e. The monoisotopic (exact) mass is 837 g/mol. The zero-order chi connectivity index (χ0) is 44.3. The largest absolute Gasteiger partial charge is 0.310 e. The number of nitrogens with zero attached hydrogens (tertiary/aromatic N) is 3. The Labute approximate surface area is 382 Å². The predicted molar refractivity (Wildman–Crippen MR) is 280 cm³/mol. The molecule has 11 aromatic carbocycles. The molecule has 0 saturated heterocycles. The van der Waals surface area contributed by atoms with Crippen LogP contribution in [0.4, 0.5) is 51.2 Å². The molecule has 0 N–H and O–H groups in total. The molecule has 3 heteroatoms. The normalized spacial score (nSPS) is 11.5. The molecule has 65 heavy (non-hydrogen) atoms. The first-order valence-electron chi connectivity index (χ1n) is 22.7. The van der Waals surface area contributed by atoms with Crippen molar-refractivity contribution in [2.24, 2.45) is 0 Å². The number of fused-ring (bicyclic) bond motifs is 2. The van der Waals surface area contributed by atoms with Gasteiger partial charge >= 0.3 is 0 Å². The van der Waals surface area contributed by atoms with E-state index in [1.807, 2.05) is 0 Å². The molecule has 0 unspecified atom stereocenters. The van der Waals surface area contributed by atoms with Crippen LogP contribution in [-0.4, -0.2) is 0 Å². The molecule has 0 aliphatic carbocycles. The summed E-state index contributed by atoms with van der Waals surface area (Å²) in [6, 6.07) is 74.7. The zero-order valence-corrected chi connectivity index (χ0v) is 37.9. The average Bonchev–Trinajstić information content (AvgIpc) is 3.32. The third kappa shape index (κ3) is 7.01. The Hall–Kier alpha value is -7.88. The van der Waals surface area contributed by atoms with E-state index >= 15 is 0 Å². The standard InChI is InChI=1S/C62H51N3/c1-40-10-22-46(23-11-40)63(47-24-12-41(2)13-25-47)57-37-34-53-55-36-39-59(65(50-30-18-44(5)19-31-50)51-32-20-45(6)21-33-51)62-58(38-35-54(61(55)62)52-8-7-9-56(57)60(52)53)64(48-26-14-42(3)15-27-48)49-28-16-43(4)17-29-49/h7-39H,1-6H3. The molecule has 0 spiro atoms. The Kier molecular flexibility index (Phi) is 9.85. The summed E-state index contributed by atoms with van der Waals surface area (Å²) in [5, 5.41) is 9.86. The van der Waals surface area contributed by atoms with Gasteiger partial charge in [0.2, 0.25) is 0 Å². The van der Waals surface area contributed by atoms with Crippen molar-refractivity contribution in [1.29, 1.82) is 0 Å². The van der Waals surface area contributed by atoms with Crippen LogP contribution in [0, 0.1) is 41.5 Å². The second kappa shape index (κ2) is 16.0. The van der Waals surface area contributed by atoms with Crippen LogP contribution >= 0.6 is 0 Å². The van der Waals surface area contributed by atoms with E-state index in [9.17, 15) is 0 Å².